The number of aliphatic imine (C=N–C) groups is 1. The molecule has 0 unspecified atom stereocenters. The molecule has 1 heterocycles. The summed E-state index contributed by atoms with van der Waals surface area (Å²) >= 11 is 0. The molecular weight excluding hydrogens is 338 g/mol. The lowest BCUT2D eigenvalue weighted by atomic mass is 10.1. The molecule has 1 aromatic carbocycles. The third-order valence-electron chi connectivity index (χ3n) is 5.45. The molecule has 27 heavy (non-hydrogen) atoms. The van der Waals surface area contributed by atoms with E-state index in [1.54, 1.807) is 0 Å². The number of carbonyl (C=O) groups excluding carboxylic acids is 1. The van der Waals surface area contributed by atoms with E-state index in [0.717, 1.165) is 51.5 Å². The molecule has 3 rings (SSSR count). The molecule has 2 N–H and O–H groups in total. The summed E-state index contributed by atoms with van der Waals surface area (Å²) in [5.74, 6) is 1.41. The number of rotatable bonds is 6. The van der Waals surface area contributed by atoms with Crippen molar-refractivity contribution in [2.75, 3.05) is 50.7 Å². The highest BCUT2D eigenvalue weighted by Crippen LogP contribution is 2.28. The van der Waals surface area contributed by atoms with Crippen molar-refractivity contribution in [1.29, 1.82) is 0 Å². The van der Waals surface area contributed by atoms with Gasteiger partial charge in [0.05, 0.1) is 6.54 Å². The molecule has 2 aliphatic rings. The first-order chi connectivity index (χ1) is 13.1. The van der Waals surface area contributed by atoms with Crippen molar-refractivity contribution < 1.29 is 4.79 Å². The van der Waals surface area contributed by atoms with Crippen LogP contribution < -0.4 is 15.5 Å². The molecule has 1 saturated carbocycles. The van der Waals surface area contributed by atoms with Gasteiger partial charge >= 0.3 is 0 Å². The molecule has 0 spiro atoms. The van der Waals surface area contributed by atoms with Crippen LogP contribution >= 0.6 is 0 Å². The maximum atomic E-state index is 11.7. The fourth-order valence-electron chi connectivity index (χ4n) is 3.49. The molecule has 1 amide bonds. The minimum absolute atomic E-state index is 0.192. The zero-order chi connectivity index (χ0) is 19.2. The number of nitrogens with one attached hydrogen (secondary N) is 2. The van der Waals surface area contributed by atoms with Crippen molar-refractivity contribution >= 4 is 17.6 Å². The largest absolute Gasteiger partial charge is 0.368 e. The van der Waals surface area contributed by atoms with Gasteiger partial charge in [0.25, 0.3) is 0 Å². The van der Waals surface area contributed by atoms with Gasteiger partial charge in [-0.3, -0.25) is 9.79 Å². The van der Waals surface area contributed by atoms with Crippen molar-refractivity contribution in [2.45, 2.75) is 33.6 Å². The topological polar surface area (TPSA) is 60.0 Å². The fraction of sp³-hybridized carbons (Fsp3) is 0.619. The summed E-state index contributed by atoms with van der Waals surface area (Å²) in [5.41, 5.74) is 4.07. The molecule has 0 bridgehead atoms. The number of hydrogen-bond donors (Lipinski definition) is 2. The number of hydrogen-bond acceptors (Lipinski definition) is 3. The van der Waals surface area contributed by atoms with Crippen LogP contribution in [0, 0.1) is 19.8 Å². The Balaban J connectivity index is 1.52. The zero-order valence-corrected chi connectivity index (χ0v) is 16.9. The summed E-state index contributed by atoms with van der Waals surface area (Å²) in [4.78, 5) is 21.2. The van der Waals surface area contributed by atoms with Gasteiger partial charge in [-0.25, -0.2) is 0 Å². The number of guanidine groups is 1. The highest BCUT2D eigenvalue weighted by Gasteiger charge is 2.29. The van der Waals surface area contributed by atoms with Crippen LogP contribution in [0.25, 0.3) is 0 Å². The van der Waals surface area contributed by atoms with Crippen LogP contribution in [0.5, 0.6) is 0 Å². The summed E-state index contributed by atoms with van der Waals surface area (Å²) < 4.78 is 0. The van der Waals surface area contributed by atoms with E-state index in [2.05, 4.69) is 59.4 Å². The summed E-state index contributed by atoms with van der Waals surface area (Å²) in [6.07, 6.45) is 2.09. The molecular formula is C21H33N5O. The Morgan fingerprint density at radius 1 is 1.15 bits per heavy atom. The predicted molar refractivity (Wildman–Crippen MR) is 111 cm³/mol. The predicted octanol–water partition coefficient (Wildman–Crippen LogP) is 1.92. The van der Waals surface area contributed by atoms with Crippen LogP contribution in [0.15, 0.2) is 23.2 Å². The third-order valence-corrected chi connectivity index (χ3v) is 5.45. The molecule has 0 aromatic heterocycles. The highest BCUT2D eigenvalue weighted by molar-refractivity contribution is 5.81. The lowest BCUT2D eigenvalue weighted by molar-refractivity contribution is -0.122. The molecule has 0 atom stereocenters. The number of carbonyl (C=O) groups is 1. The Bertz CT molecular complexity index is 675. The van der Waals surface area contributed by atoms with Crippen LogP contribution in [-0.2, 0) is 4.79 Å². The van der Waals surface area contributed by atoms with Crippen LogP contribution in [0.3, 0.4) is 0 Å². The SMILES string of the molecule is CCNC(=NCCNC(=O)C1CC1)N1CCN(c2cccc(C)c2C)CC1. The second-order valence-corrected chi connectivity index (χ2v) is 7.49. The minimum Gasteiger partial charge on any atom is -0.368 e. The maximum Gasteiger partial charge on any atom is 0.223 e. The molecule has 6 nitrogen and oxygen atoms in total. The fourth-order valence-corrected chi connectivity index (χ4v) is 3.49. The normalized spacial score (nSPS) is 17.8. The first-order valence-corrected chi connectivity index (χ1v) is 10.2. The van der Waals surface area contributed by atoms with Crippen molar-refractivity contribution in [3.05, 3.63) is 29.3 Å². The number of aryl methyl sites for hydroxylation is 1. The highest BCUT2D eigenvalue weighted by atomic mass is 16.2. The van der Waals surface area contributed by atoms with E-state index in [4.69, 9.17) is 4.99 Å². The number of benzene rings is 1. The van der Waals surface area contributed by atoms with E-state index >= 15 is 0 Å². The van der Waals surface area contributed by atoms with Gasteiger partial charge in [0.1, 0.15) is 0 Å². The number of amides is 1. The van der Waals surface area contributed by atoms with Gasteiger partial charge in [0.2, 0.25) is 5.91 Å². The van der Waals surface area contributed by atoms with Crippen LogP contribution in [0.4, 0.5) is 5.69 Å². The molecule has 6 heteroatoms. The summed E-state index contributed by atoms with van der Waals surface area (Å²) in [7, 11) is 0. The summed E-state index contributed by atoms with van der Waals surface area (Å²) in [5, 5.41) is 6.38. The number of anilines is 1. The van der Waals surface area contributed by atoms with E-state index in [1.807, 2.05) is 0 Å². The Morgan fingerprint density at radius 2 is 1.89 bits per heavy atom. The van der Waals surface area contributed by atoms with Crippen LogP contribution in [0.1, 0.15) is 30.9 Å². The van der Waals surface area contributed by atoms with Gasteiger partial charge in [-0.1, -0.05) is 12.1 Å². The third kappa shape index (κ3) is 5.15. The zero-order valence-electron chi connectivity index (χ0n) is 16.9. The van der Waals surface area contributed by atoms with Crippen molar-refractivity contribution in [3.8, 4) is 0 Å². The minimum atomic E-state index is 0.192. The monoisotopic (exact) mass is 371 g/mol. The summed E-state index contributed by atoms with van der Waals surface area (Å²) in [6.45, 7) is 12.5. The first kappa shape index (κ1) is 19.5. The van der Waals surface area contributed by atoms with E-state index in [9.17, 15) is 4.79 Å². The Hall–Kier alpha value is -2.24. The Morgan fingerprint density at radius 3 is 2.56 bits per heavy atom. The first-order valence-electron chi connectivity index (χ1n) is 10.2. The maximum absolute atomic E-state index is 11.7. The summed E-state index contributed by atoms with van der Waals surface area (Å²) in [6, 6.07) is 6.54. The van der Waals surface area contributed by atoms with E-state index in [-0.39, 0.29) is 11.8 Å². The molecule has 1 saturated heterocycles. The quantitative estimate of drug-likeness (QED) is 0.456. The van der Waals surface area contributed by atoms with Crippen molar-refractivity contribution in [1.82, 2.24) is 15.5 Å². The van der Waals surface area contributed by atoms with Crippen LogP contribution in [-0.4, -0.2) is 62.6 Å². The van der Waals surface area contributed by atoms with Gasteiger partial charge in [-0.2, -0.15) is 0 Å². The molecule has 148 valence electrons. The Kier molecular flexibility index (Phi) is 6.58. The standard InChI is InChI=1S/C21H33N5O/c1-4-22-21(24-11-10-23-20(27)18-8-9-18)26-14-12-25(13-15-26)19-7-5-6-16(2)17(19)3/h5-7,18H,4,8-15H2,1-3H3,(H,22,24)(H,23,27). The van der Waals surface area contributed by atoms with Crippen LogP contribution in [0.2, 0.25) is 0 Å². The lowest BCUT2D eigenvalue weighted by Gasteiger charge is -2.38. The van der Waals surface area contributed by atoms with E-state index < -0.39 is 0 Å². The van der Waals surface area contributed by atoms with Crippen molar-refractivity contribution in [3.63, 3.8) is 0 Å². The molecule has 2 fully saturated rings. The molecule has 0 radical (unpaired) electrons. The molecule has 1 aliphatic carbocycles. The average Bonchev–Trinajstić information content (AvgIpc) is 3.52. The number of piperazine rings is 1. The van der Waals surface area contributed by atoms with Gasteiger partial charge in [-0.05, 0) is 50.8 Å². The van der Waals surface area contributed by atoms with Crippen molar-refractivity contribution in [2.24, 2.45) is 10.9 Å². The number of nitrogens with zero attached hydrogens (tertiary/aromatic N) is 3. The lowest BCUT2D eigenvalue weighted by Crippen LogP contribution is -2.52. The Labute approximate surface area is 163 Å². The van der Waals surface area contributed by atoms with E-state index in [1.165, 1.54) is 16.8 Å². The second kappa shape index (κ2) is 9.11. The second-order valence-electron chi connectivity index (χ2n) is 7.49. The van der Waals surface area contributed by atoms with Gasteiger partial charge in [0.15, 0.2) is 5.96 Å². The smallest absolute Gasteiger partial charge is 0.223 e. The van der Waals surface area contributed by atoms with Gasteiger partial charge < -0.3 is 20.4 Å². The van der Waals surface area contributed by atoms with E-state index in [0.29, 0.717) is 13.1 Å². The molecule has 1 aromatic rings. The molecule has 1 aliphatic heterocycles. The average molecular weight is 372 g/mol. The van der Waals surface area contributed by atoms with Gasteiger partial charge in [-0.15, -0.1) is 0 Å². The van der Waals surface area contributed by atoms with Gasteiger partial charge in [0, 0.05) is 50.9 Å².